The van der Waals surface area contributed by atoms with Gasteiger partial charge in [0.15, 0.2) is 0 Å². The van der Waals surface area contributed by atoms with Gasteiger partial charge in [0, 0.05) is 0 Å². The van der Waals surface area contributed by atoms with Crippen molar-refractivity contribution in [3.8, 4) is 0 Å². The van der Waals surface area contributed by atoms with Gasteiger partial charge in [0.1, 0.15) is 18.3 Å². The summed E-state index contributed by atoms with van der Waals surface area (Å²) in [5.74, 6) is 0. The SMILES string of the molecule is CC(C)OP(=O)(O)OC[C@H]1OC[C@H](O)[C@@H]1O. The highest BCUT2D eigenvalue weighted by atomic mass is 31.2. The maximum atomic E-state index is 11.3. The fourth-order valence-corrected chi connectivity index (χ4v) is 2.21. The van der Waals surface area contributed by atoms with Gasteiger partial charge >= 0.3 is 7.82 Å². The molecule has 0 aromatic rings. The summed E-state index contributed by atoms with van der Waals surface area (Å²) in [5, 5.41) is 18.5. The molecule has 0 aromatic heterocycles. The summed E-state index contributed by atoms with van der Waals surface area (Å²) < 4.78 is 25.5. The number of hydrogen-bond acceptors (Lipinski definition) is 6. The van der Waals surface area contributed by atoms with Crippen LogP contribution in [0.5, 0.6) is 0 Å². The lowest BCUT2D eigenvalue weighted by atomic mass is 10.2. The average molecular weight is 256 g/mol. The van der Waals surface area contributed by atoms with E-state index in [9.17, 15) is 14.6 Å². The predicted octanol–water partition coefficient (Wildman–Crippen LogP) is -0.351. The molecule has 96 valence electrons. The van der Waals surface area contributed by atoms with Crippen molar-refractivity contribution >= 4 is 7.82 Å². The van der Waals surface area contributed by atoms with Crippen molar-refractivity contribution in [3.05, 3.63) is 0 Å². The number of ether oxygens (including phenoxy) is 1. The summed E-state index contributed by atoms with van der Waals surface area (Å²) in [7, 11) is -4.12. The first kappa shape index (κ1) is 14.1. The van der Waals surface area contributed by atoms with Gasteiger partial charge in [0.05, 0.1) is 19.3 Å². The summed E-state index contributed by atoms with van der Waals surface area (Å²) in [6.45, 7) is 2.86. The van der Waals surface area contributed by atoms with Crippen molar-refractivity contribution in [3.63, 3.8) is 0 Å². The van der Waals surface area contributed by atoms with Crippen LogP contribution in [-0.4, -0.2) is 52.7 Å². The number of aliphatic hydroxyl groups excluding tert-OH is 2. The minimum Gasteiger partial charge on any atom is -0.388 e. The molecule has 1 unspecified atom stereocenters. The predicted molar refractivity (Wildman–Crippen MR) is 53.8 cm³/mol. The van der Waals surface area contributed by atoms with Crippen LogP contribution in [-0.2, 0) is 18.3 Å². The molecular weight excluding hydrogens is 239 g/mol. The van der Waals surface area contributed by atoms with Crippen molar-refractivity contribution in [1.29, 1.82) is 0 Å². The van der Waals surface area contributed by atoms with Crippen LogP contribution < -0.4 is 0 Å². The summed E-state index contributed by atoms with van der Waals surface area (Å²) in [6.07, 6.45) is -3.36. The van der Waals surface area contributed by atoms with E-state index in [0.29, 0.717) is 0 Å². The van der Waals surface area contributed by atoms with E-state index in [1.807, 2.05) is 0 Å². The second-order valence-corrected chi connectivity index (χ2v) is 5.25. The minimum atomic E-state index is -4.12. The Labute approximate surface area is 93.6 Å². The second-order valence-electron chi connectivity index (χ2n) is 3.85. The lowest BCUT2D eigenvalue weighted by Crippen LogP contribution is -2.32. The first-order valence-electron chi connectivity index (χ1n) is 4.95. The number of phosphoric ester groups is 1. The van der Waals surface area contributed by atoms with E-state index in [1.54, 1.807) is 13.8 Å². The second kappa shape index (κ2) is 5.55. The molecule has 1 fully saturated rings. The third kappa shape index (κ3) is 4.10. The fourth-order valence-electron chi connectivity index (χ4n) is 1.28. The van der Waals surface area contributed by atoms with Crippen LogP contribution in [0.1, 0.15) is 13.8 Å². The Morgan fingerprint density at radius 1 is 1.50 bits per heavy atom. The van der Waals surface area contributed by atoms with E-state index < -0.39 is 32.2 Å². The monoisotopic (exact) mass is 256 g/mol. The van der Waals surface area contributed by atoms with Gasteiger partial charge in [0.2, 0.25) is 0 Å². The summed E-state index contributed by atoms with van der Waals surface area (Å²) in [4.78, 5) is 9.21. The maximum absolute atomic E-state index is 11.3. The lowest BCUT2D eigenvalue weighted by molar-refractivity contribution is -0.0101. The third-order valence-corrected chi connectivity index (χ3v) is 3.17. The molecule has 0 radical (unpaired) electrons. The Balaban J connectivity index is 2.37. The molecule has 1 aliphatic heterocycles. The van der Waals surface area contributed by atoms with Crippen molar-refractivity contribution in [1.82, 2.24) is 0 Å². The highest BCUT2D eigenvalue weighted by Crippen LogP contribution is 2.44. The normalized spacial score (nSPS) is 34.2. The molecule has 1 saturated heterocycles. The molecule has 1 heterocycles. The van der Waals surface area contributed by atoms with Crippen LogP contribution in [0.2, 0.25) is 0 Å². The van der Waals surface area contributed by atoms with Crippen molar-refractivity contribution in [2.24, 2.45) is 0 Å². The molecule has 1 aliphatic rings. The summed E-state index contributed by atoms with van der Waals surface area (Å²) >= 11 is 0. The fraction of sp³-hybridized carbons (Fsp3) is 1.00. The first-order valence-corrected chi connectivity index (χ1v) is 6.45. The van der Waals surface area contributed by atoms with Crippen molar-refractivity contribution < 1.29 is 33.5 Å². The van der Waals surface area contributed by atoms with Gasteiger partial charge in [0.25, 0.3) is 0 Å². The molecule has 0 aliphatic carbocycles. The standard InChI is InChI=1S/C8H17O7P/c1-5(2)15-16(11,12)14-4-7-8(10)6(9)3-13-7/h5-10H,3-4H2,1-2H3,(H,11,12)/t6-,7+,8-/m0/s1. The summed E-state index contributed by atoms with van der Waals surface area (Å²) in [5.41, 5.74) is 0. The quantitative estimate of drug-likeness (QED) is 0.577. The molecular formula is C8H17O7P. The Hall–Kier alpha value is -0.0100. The van der Waals surface area contributed by atoms with Gasteiger partial charge in [-0.3, -0.25) is 9.05 Å². The molecule has 0 bridgehead atoms. The molecule has 0 spiro atoms. The largest absolute Gasteiger partial charge is 0.472 e. The van der Waals surface area contributed by atoms with Crippen molar-refractivity contribution in [2.45, 2.75) is 38.3 Å². The Morgan fingerprint density at radius 3 is 2.56 bits per heavy atom. The average Bonchev–Trinajstić information content (AvgIpc) is 2.43. The molecule has 8 heteroatoms. The Kier molecular flexibility index (Phi) is 4.88. The van der Waals surface area contributed by atoms with Crippen LogP contribution in [0.3, 0.4) is 0 Å². The number of hydrogen-bond donors (Lipinski definition) is 3. The van der Waals surface area contributed by atoms with E-state index in [2.05, 4.69) is 9.05 Å². The van der Waals surface area contributed by atoms with Crippen LogP contribution in [0.4, 0.5) is 0 Å². The molecule has 0 amide bonds. The Morgan fingerprint density at radius 2 is 2.12 bits per heavy atom. The van der Waals surface area contributed by atoms with Gasteiger partial charge in [-0.2, -0.15) is 0 Å². The molecule has 4 atom stereocenters. The number of phosphoric acid groups is 1. The molecule has 0 aromatic carbocycles. The number of aliphatic hydroxyl groups is 2. The van der Waals surface area contributed by atoms with E-state index in [4.69, 9.17) is 9.84 Å². The van der Waals surface area contributed by atoms with E-state index >= 15 is 0 Å². The molecule has 3 N–H and O–H groups in total. The van der Waals surface area contributed by atoms with Crippen LogP contribution >= 0.6 is 7.82 Å². The topological polar surface area (TPSA) is 105 Å². The highest BCUT2D eigenvalue weighted by molar-refractivity contribution is 7.47. The third-order valence-electron chi connectivity index (χ3n) is 2.00. The number of rotatable bonds is 5. The van der Waals surface area contributed by atoms with Gasteiger partial charge in [-0.25, -0.2) is 4.57 Å². The van der Waals surface area contributed by atoms with Gasteiger partial charge in [-0.1, -0.05) is 0 Å². The smallest absolute Gasteiger partial charge is 0.388 e. The zero-order chi connectivity index (χ0) is 12.3. The maximum Gasteiger partial charge on any atom is 0.472 e. The lowest BCUT2D eigenvalue weighted by Gasteiger charge is -2.18. The first-order chi connectivity index (χ1) is 7.32. The van der Waals surface area contributed by atoms with Crippen molar-refractivity contribution in [2.75, 3.05) is 13.2 Å². The zero-order valence-corrected chi connectivity index (χ0v) is 10.0. The van der Waals surface area contributed by atoms with E-state index in [0.717, 1.165) is 0 Å². The molecule has 0 saturated carbocycles. The van der Waals surface area contributed by atoms with Crippen LogP contribution in [0.15, 0.2) is 0 Å². The zero-order valence-electron chi connectivity index (χ0n) is 9.15. The van der Waals surface area contributed by atoms with Crippen LogP contribution in [0, 0.1) is 0 Å². The summed E-state index contributed by atoms with van der Waals surface area (Å²) in [6, 6.07) is 0. The van der Waals surface area contributed by atoms with Gasteiger partial charge in [-0.15, -0.1) is 0 Å². The molecule has 1 rings (SSSR count). The van der Waals surface area contributed by atoms with E-state index in [1.165, 1.54) is 0 Å². The Bertz CT molecular complexity index is 269. The molecule has 7 nitrogen and oxygen atoms in total. The minimum absolute atomic E-state index is 0.0179. The van der Waals surface area contributed by atoms with Crippen LogP contribution in [0.25, 0.3) is 0 Å². The highest BCUT2D eigenvalue weighted by Gasteiger charge is 2.36. The van der Waals surface area contributed by atoms with Gasteiger partial charge in [-0.05, 0) is 13.8 Å². The van der Waals surface area contributed by atoms with E-state index in [-0.39, 0.29) is 13.2 Å². The van der Waals surface area contributed by atoms with Gasteiger partial charge < -0.3 is 19.8 Å². The molecule has 16 heavy (non-hydrogen) atoms.